The lowest BCUT2D eigenvalue weighted by atomic mass is 10.1. The molecule has 1 atom stereocenters. The van der Waals surface area contributed by atoms with Crippen molar-refractivity contribution in [1.82, 2.24) is 10.2 Å². The molecule has 1 aliphatic heterocycles. The number of rotatable bonds is 3. The molecule has 0 aromatic heterocycles. The zero-order valence-corrected chi connectivity index (χ0v) is 9.93. The Morgan fingerprint density at radius 1 is 1.35 bits per heavy atom. The van der Waals surface area contributed by atoms with Gasteiger partial charge in [0.2, 0.25) is 5.91 Å². The molecule has 0 radical (unpaired) electrons. The molecule has 3 N–H and O–H groups in total. The Bertz CT molecular complexity index is 366. The van der Waals surface area contributed by atoms with Crippen molar-refractivity contribution in [3.8, 4) is 0 Å². The first-order chi connectivity index (χ1) is 8.25. The lowest BCUT2D eigenvalue weighted by Crippen LogP contribution is -2.37. The molecule has 1 aromatic rings. The Morgan fingerprint density at radius 2 is 2.12 bits per heavy atom. The van der Waals surface area contributed by atoms with Crippen LogP contribution in [-0.2, 0) is 4.79 Å². The quantitative estimate of drug-likeness (QED) is 0.799. The van der Waals surface area contributed by atoms with Crippen molar-refractivity contribution in [3.05, 3.63) is 35.9 Å². The average Bonchev–Trinajstić information content (AvgIpc) is 2.55. The van der Waals surface area contributed by atoms with E-state index >= 15 is 0 Å². The van der Waals surface area contributed by atoms with Crippen molar-refractivity contribution < 1.29 is 4.79 Å². The van der Waals surface area contributed by atoms with Gasteiger partial charge >= 0.3 is 0 Å². The number of hydrogen-bond acceptors (Lipinski definition) is 3. The van der Waals surface area contributed by atoms with E-state index in [0.717, 1.165) is 31.6 Å². The largest absolute Gasteiger partial charge is 0.355 e. The molecule has 1 aromatic carbocycles. The second-order valence-electron chi connectivity index (χ2n) is 4.46. The van der Waals surface area contributed by atoms with E-state index in [4.69, 9.17) is 5.73 Å². The first kappa shape index (κ1) is 12.1. The van der Waals surface area contributed by atoms with Gasteiger partial charge in [-0.2, -0.15) is 0 Å². The molecule has 4 heteroatoms. The van der Waals surface area contributed by atoms with Crippen molar-refractivity contribution in [2.75, 3.05) is 26.2 Å². The molecule has 0 saturated carbocycles. The fraction of sp³-hybridized carbons (Fsp3) is 0.462. The number of carbonyl (C=O) groups excluding carboxylic acids is 1. The monoisotopic (exact) mass is 233 g/mol. The highest BCUT2D eigenvalue weighted by Crippen LogP contribution is 2.11. The predicted octanol–water partition coefficient (Wildman–Crippen LogP) is 0.508. The summed E-state index contributed by atoms with van der Waals surface area (Å²) >= 11 is 0. The molecule has 2 rings (SSSR count). The highest BCUT2D eigenvalue weighted by Gasteiger charge is 2.17. The van der Waals surface area contributed by atoms with E-state index in [1.165, 1.54) is 0 Å². The van der Waals surface area contributed by atoms with Crippen LogP contribution >= 0.6 is 0 Å². The minimum atomic E-state index is -0.0258. The van der Waals surface area contributed by atoms with Crippen LogP contribution in [0.1, 0.15) is 18.0 Å². The normalized spacial score (nSPS) is 19.5. The molecule has 0 spiro atoms. The summed E-state index contributed by atoms with van der Waals surface area (Å²) in [5.41, 5.74) is 7.27. The molecule has 1 amide bonds. The lowest BCUT2D eigenvalue weighted by Gasteiger charge is -2.22. The maximum absolute atomic E-state index is 11.4. The molecule has 1 fully saturated rings. The SMILES string of the molecule is NC(CN1CCCNC(=O)C1)c1ccccc1. The molecule has 17 heavy (non-hydrogen) atoms. The second kappa shape index (κ2) is 5.80. The van der Waals surface area contributed by atoms with Crippen molar-refractivity contribution in [3.63, 3.8) is 0 Å². The molecule has 92 valence electrons. The fourth-order valence-electron chi connectivity index (χ4n) is 2.11. The summed E-state index contributed by atoms with van der Waals surface area (Å²) in [6, 6.07) is 10.00. The Balaban J connectivity index is 1.93. The summed E-state index contributed by atoms with van der Waals surface area (Å²) in [5, 5.41) is 2.87. The highest BCUT2D eigenvalue weighted by atomic mass is 16.2. The Morgan fingerprint density at radius 3 is 2.88 bits per heavy atom. The summed E-state index contributed by atoms with van der Waals surface area (Å²) in [7, 11) is 0. The minimum Gasteiger partial charge on any atom is -0.355 e. The maximum Gasteiger partial charge on any atom is 0.234 e. The molecule has 0 bridgehead atoms. The van der Waals surface area contributed by atoms with E-state index in [1.54, 1.807) is 0 Å². The van der Waals surface area contributed by atoms with Gasteiger partial charge in [-0.25, -0.2) is 0 Å². The van der Waals surface area contributed by atoms with Crippen LogP contribution in [-0.4, -0.2) is 37.0 Å². The molecular formula is C13H19N3O. The van der Waals surface area contributed by atoms with Gasteiger partial charge in [0.15, 0.2) is 0 Å². The van der Waals surface area contributed by atoms with Gasteiger partial charge in [-0.1, -0.05) is 30.3 Å². The summed E-state index contributed by atoms with van der Waals surface area (Å²) in [6.07, 6.45) is 0.993. The number of nitrogens with two attached hydrogens (primary N) is 1. The minimum absolute atomic E-state index is 0.0258. The Labute approximate surface area is 102 Å². The van der Waals surface area contributed by atoms with Crippen LogP contribution in [0.3, 0.4) is 0 Å². The molecular weight excluding hydrogens is 214 g/mol. The first-order valence-electron chi connectivity index (χ1n) is 6.05. The lowest BCUT2D eigenvalue weighted by molar-refractivity contribution is -0.121. The highest BCUT2D eigenvalue weighted by molar-refractivity contribution is 5.78. The van der Waals surface area contributed by atoms with E-state index in [2.05, 4.69) is 10.2 Å². The van der Waals surface area contributed by atoms with Crippen LogP contribution in [0.4, 0.5) is 0 Å². The van der Waals surface area contributed by atoms with Crippen LogP contribution in [0.2, 0.25) is 0 Å². The molecule has 0 aliphatic carbocycles. The average molecular weight is 233 g/mol. The molecule has 4 nitrogen and oxygen atoms in total. The van der Waals surface area contributed by atoms with Crippen LogP contribution in [0.5, 0.6) is 0 Å². The topological polar surface area (TPSA) is 58.4 Å². The summed E-state index contributed by atoms with van der Waals surface area (Å²) < 4.78 is 0. The van der Waals surface area contributed by atoms with Crippen LogP contribution in [0.15, 0.2) is 30.3 Å². The maximum atomic E-state index is 11.4. The molecule has 1 saturated heterocycles. The summed E-state index contributed by atoms with van der Waals surface area (Å²) in [4.78, 5) is 13.5. The van der Waals surface area contributed by atoms with Crippen molar-refractivity contribution in [2.45, 2.75) is 12.5 Å². The van der Waals surface area contributed by atoms with Gasteiger partial charge in [-0.3, -0.25) is 9.69 Å². The standard InChI is InChI=1S/C13H19N3O/c14-12(11-5-2-1-3-6-11)9-16-8-4-7-15-13(17)10-16/h1-3,5-6,12H,4,7-10,14H2,(H,15,17). The smallest absolute Gasteiger partial charge is 0.234 e. The number of benzene rings is 1. The molecule has 1 unspecified atom stereocenters. The van der Waals surface area contributed by atoms with Gasteiger partial charge in [0, 0.05) is 25.7 Å². The van der Waals surface area contributed by atoms with Gasteiger partial charge in [0.05, 0.1) is 6.54 Å². The van der Waals surface area contributed by atoms with Gasteiger partial charge < -0.3 is 11.1 Å². The van der Waals surface area contributed by atoms with Crippen molar-refractivity contribution in [2.24, 2.45) is 5.73 Å². The van der Waals surface area contributed by atoms with Crippen molar-refractivity contribution >= 4 is 5.91 Å². The Hall–Kier alpha value is -1.39. The third kappa shape index (κ3) is 3.54. The first-order valence-corrected chi connectivity index (χ1v) is 6.05. The third-order valence-corrected chi connectivity index (χ3v) is 3.02. The van der Waals surface area contributed by atoms with E-state index < -0.39 is 0 Å². The summed E-state index contributed by atoms with van der Waals surface area (Å²) in [6.45, 7) is 2.90. The van der Waals surface area contributed by atoms with Gasteiger partial charge in [0.25, 0.3) is 0 Å². The zero-order chi connectivity index (χ0) is 12.1. The summed E-state index contributed by atoms with van der Waals surface area (Å²) in [5.74, 6) is 0.0998. The van der Waals surface area contributed by atoms with E-state index in [0.29, 0.717) is 6.54 Å². The Kier molecular flexibility index (Phi) is 4.12. The molecule has 1 heterocycles. The van der Waals surface area contributed by atoms with Crippen LogP contribution in [0.25, 0.3) is 0 Å². The van der Waals surface area contributed by atoms with Gasteiger partial charge in [-0.05, 0) is 12.0 Å². The fourth-order valence-corrected chi connectivity index (χ4v) is 2.11. The van der Waals surface area contributed by atoms with Crippen molar-refractivity contribution in [1.29, 1.82) is 0 Å². The van der Waals surface area contributed by atoms with Gasteiger partial charge in [0.1, 0.15) is 0 Å². The van der Waals surface area contributed by atoms with Gasteiger partial charge in [-0.15, -0.1) is 0 Å². The van der Waals surface area contributed by atoms with E-state index in [9.17, 15) is 4.79 Å². The zero-order valence-electron chi connectivity index (χ0n) is 9.93. The number of nitrogens with one attached hydrogen (secondary N) is 1. The predicted molar refractivity (Wildman–Crippen MR) is 67.4 cm³/mol. The number of nitrogens with zero attached hydrogens (tertiary/aromatic N) is 1. The van der Waals surface area contributed by atoms with Crippen LogP contribution < -0.4 is 11.1 Å². The number of hydrogen-bond donors (Lipinski definition) is 2. The van der Waals surface area contributed by atoms with Crippen LogP contribution in [0, 0.1) is 0 Å². The third-order valence-electron chi connectivity index (χ3n) is 3.02. The number of amides is 1. The number of carbonyl (C=O) groups is 1. The van der Waals surface area contributed by atoms with E-state index in [1.807, 2.05) is 30.3 Å². The second-order valence-corrected chi connectivity index (χ2v) is 4.46. The molecule has 1 aliphatic rings. The van der Waals surface area contributed by atoms with E-state index in [-0.39, 0.29) is 11.9 Å².